The molecular formula is C9H16O9. The molecule has 6 N–H and O–H groups in total. The van der Waals surface area contributed by atoms with Crippen molar-refractivity contribution < 1.29 is 44.9 Å². The molecule has 1 rings (SSSR count). The summed E-state index contributed by atoms with van der Waals surface area (Å²) in [5.74, 6) is -1.48. The average molecular weight is 268 g/mol. The monoisotopic (exact) mass is 268 g/mol. The number of hydrogen-bond acceptors (Lipinski definition) is 8. The Morgan fingerprint density at radius 1 is 1.17 bits per heavy atom. The molecule has 18 heavy (non-hydrogen) atoms. The van der Waals surface area contributed by atoms with E-state index >= 15 is 0 Å². The molecule has 0 amide bonds. The fraction of sp³-hybridized carbons (Fsp3) is 0.889. The van der Waals surface area contributed by atoms with E-state index in [2.05, 4.69) is 0 Å². The highest BCUT2D eigenvalue weighted by Gasteiger charge is 2.45. The summed E-state index contributed by atoms with van der Waals surface area (Å²) in [7, 11) is 0. The molecule has 4 unspecified atom stereocenters. The van der Waals surface area contributed by atoms with Gasteiger partial charge in [0.25, 0.3) is 0 Å². The van der Waals surface area contributed by atoms with Crippen molar-refractivity contribution in [3.05, 3.63) is 0 Å². The van der Waals surface area contributed by atoms with E-state index in [-0.39, 0.29) is 0 Å². The molecule has 1 aliphatic heterocycles. The first kappa shape index (κ1) is 15.2. The first-order chi connectivity index (χ1) is 8.42. The van der Waals surface area contributed by atoms with Gasteiger partial charge in [-0.2, -0.15) is 0 Å². The quantitative estimate of drug-likeness (QED) is 0.294. The van der Waals surface area contributed by atoms with Crippen LogP contribution in [0.4, 0.5) is 0 Å². The average Bonchev–Trinajstić information content (AvgIpc) is 2.35. The minimum Gasteiger partial charge on any atom is -0.479 e. The molecule has 0 radical (unpaired) electrons. The highest BCUT2D eigenvalue weighted by Crippen LogP contribution is 2.22. The molecule has 1 saturated heterocycles. The Morgan fingerprint density at radius 3 is 2.22 bits per heavy atom. The zero-order valence-electron chi connectivity index (χ0n) is 9.29. The van der Waals surface area contributed by atoms with Crippen molar-refractivity contribution in [3.8, 4) is 0 Å². The van der Waals surface area contributed by atoms with Crippen molar-refractivity contribution in [2.24, 2.45) is 0 Å². The highest BCUT2D eigenvalue weighted by atomic mass is 16.7. The summed E-state index contributed by atoms with van der Waals surface area (Å²) in [5, 5.41) is 54.7. The van der Waals surface area contributed by atoms with Crippen LogP contribution in [0.3, 0.4) is 0 Å². The third kappa shape index (κ3) is 3.14. The Morgan fingerprint density at radius 2 is 1.78 bits per heavy atom. The third-order valence-corrected chi connectivity index (χ3v) is 2.59. The van der Waals surface area contributed by atoms with E-state index in [0.717, 1.165) is 0 Å². The van der Waals surface area contributed by atoms with Crippen molar-refractivity contribution in [1.29, 1.82) is 0 Å². The molecule has 0 saturated carbocycles. The zero-order chi connectivity index (χ0) is 13.9. The van der Waals surface area contributed by atoms with Gasteiger partial charge >= 0.3 is 5.97 Å². The number of carbonyl (C=O) groups is 1. The molecule has 1 aliphatic rings. The molecule has 0 aliphatic carbocycles. The van der Waals surface area contributed by atoms with Crippen LogP contribution in [0.15, 0.2) is 0 Å². The molecule has 6 atom stereocenters. The predicted octanol–water partition coefficient (Wildman–Crippen LogP) is -3.75. The smallest absolute Gasteiger partial charge is 0.335 e. The van der Waals surface area contributed by atoms with Crippen LogP contribution in [-0.2, 0) is 14.3 Å². The number of carboxylic acid groups (broad SMARTS) is 1. The van der Waals surface area contributed by atoms with Crippen LogP contribution >= 0.6 is 0 Å². The minimum absolute atomic E-state index is 0.651. The SMILES string of the molecule is O=C(O)C(CO)O[C@H]1OC(CO)[C@@H](O)C(O)C1O. The lowest BCUT2D eigenvalue weighted by Gasteiger charge is -2.40. The zero-order valence-corrected chi connectivity index (χ0v) is 9.29. The number of aliphatic carboxylic acids is 1. The fourth-order valence-corrected chi connectivity index (χ4v) is 1.52. The van der Waals surface area contributed by atoms with Gasteiger partial charge in [-0.3, -0.25) is 0 Å². The lowest BCUT2D eigenvalue weighted by Crippen LogP contribution is -2.60. The number of aliphatic hydroxyl groups excluding tert-OH is 5. The molecule has 0 spiro atoms. The molecule has 1 fully saturated rings. The van der Waals surface area contributed by atoms with Gasteiger partial charge in [0.05, 0.1) is 13.2 Å². The molecule has 0 aromatic carbocycles. The van der Waals surface area contributed by atoms with Gasteiger partial charge in [-0.25, -0.2) is 4.79 Å². The summed E-state index contributed by atoms with van der Waals surface area (Å²) < 4.78 is 9.67. The number of aliphatic hydroxyl groups is 5. The van der Waals surface area contributed by atoms with Crippen LogP contribution in [0.5, 0.6) is 0 Å². The van der Waals surface area contributed by atoms with Crippen molar-refractivity contribution in [2.45, 2.75) is 36.8 Å². The summed E-state index contributed by atoms with van der Waals surface area (Å²) in [5.41, 5.74) is 0. The van der Waals surface area contributed by atoms with Crippen LogP contribution in [-0.4, -0.2) is 86.6 Å². The first-order valence-corrected chi connectivity index (χ1v) is 5.22. The Kier molecular flexibility index (Phi) is 5.41. The summed E-state index contributed by atoms with van der Waals surface area (Å²) in [6.07, 6.45) is -9.32. The molecule has 0 bridgehead atoms. The normalized spacial score (nSPS) is 38.4. The molecule has 106 valence electrons. The Bertz CT molecular complexity index is 281. The second-order valence-corrected chi connectivity index (χ2v) is 3.84. The molecule has 1 heterocycles. The van der Waals surface area contributed by atoms with E-state index in [4.69, 9.17) is 24.8 Å². The molecule has 9 heteroatoms. The highest BCUT2D eigenvalue weighted by molar-refractivity contribution is 5.72. The Hall–Kier alpha value is -0.810. The van der Waals surface area contributed by atoms with E-state index in [1.54, 1.807) is 0 Å². The summed E-state index contributed by atoms with van der Waals surface area (Å²) in [4.78, 5) is 10.6. The first-order valence-electron chi connectivity index (χ1n) is 5.22. The molecule has 0 aromatic rings. The topological polar surface area (TPSA) is 157 Å². The largest absolute Gasteiger partial charge is 0.479 e. The number of rotatable bonds is 5. The van der Waals surface area contributed by atoms with E-state index in [9.17, 15) is 20.1 Å². The van der Waals surface area contributed by atoms with Gasteiger partial charge in [-0.1, -0.05) is 0 Å². The Labute approximate surface area is 102 Å². The van der Waals surface area contributed by atoms with Gasteiger partial charge in [0.2, 0.25) is 0 Å². The minimum atomic E-state index is -1.70. The van der Waals surface area contributed by atoms with E-state index in [1.165, 1.54) is 0 Å². The fourth-order valence-electron chi connectivity index (χ4n) is 1.52. The maximum atomic E-state index is 10.6. The third-order valence-electron chi connectivity index (χ3n) is 2.59. The molecule has 0 aromatic heterocycles. The number of ether oxygens (including phenoxy) is 2. The van der Waals surface area contributed by atoms with Gasteiger partial charge in [-0.05, 0) is 0 Å². The number of carboxylic acids is 1. The van der Waals surface area contributed by atoms with Gasteiger partial charge in [0.15, 0.2) is 12.4 Å². The van der Waals surface area contributed by atoms with Crippen molar-refractivity contribution >= 4 is 5.97 Å². The maximum Gasteiger partial charge on any atom is 0.335 e. The van der Waals surface area contributed by atoms with Crippen LogP contribution in [0, 0.1) is 0 Å². The van der Waals surface area contributed by atoms with Crippen molar-refractivity contribution in [1.82, 2.24) is 0 Å². The number of hydrogen-bond donors (Lipinski definition) is 6. The molecular weight excluding hydrogens is 252 g/mol. The van der Waals surface area contributed by atoms with E-state index < -0.39 is 56.0 Å². The standard InChI is InChI=1S/C9H16O9/c10-1-3-5(12)6(13)7(14)9(17-3)18-4(2-11)8(15)16/h3-7,9-14H,1-2H2,(H,15,16)/t3?,4?,5-,6?,7?,9-/m1/s1. The van der Waals surface area contributed by atoms with Crippen molar-refractivity contribution in [2.75, 3.05) is 13.2 Å². The summed E-state index contributed by atoms with van der Waals surface area (Å²) in [6, 6.07) is 0. The van der Waals surface area contributed by atoms with Gasteiger partial charge in [0, 0.05) is 0 Å². The van der Waals surface area contributed by atoms with E-state index in [0.29, 0.717) is 0 Å². The van der Waals surface area contributed by atoms with Crippen LogP contribution in [0.1, 0.15) is 0 Å². The second-order valence-electron chi connectivity index (χ2n) is 3.84. The van der Waals surface area contributed by atoms with Crippen molar-refractivity contribution in [3.63, 3.8) is 0 Å². The summed E-state index contributed by atoms with van der Waals surface area (Å²) in [6.45, 7) is -1.51. The van der Waals surface area contributed by atoms with Crippen LogP contribution < -0.4 is 0 Å². The lowest BCUT2D eigenvalue weighted by molar-refractivity contribution is -0.311. The summed E-state index contributed by atoms with van der Waals surface area (Å²) >= 11 is 0. The predicted molar refractivity (Wildman–Crippen MR) is 53.4 cm³/mol. The lowest BCUT2D eigenvalue weighted by atomic mass is 9.99. The maximum absolute atomic E-state index is 10.6. The van der Waals surface area contributed by atoms with E-state index in [1.807, 2.05) is 0 Å². The van der Waals surface area contributed by atoms with Gasteiger partial charge < -0.3 is 40.1 Å². The second kappa shape index (κ2) is 6.38. The van der Waals surface area contributed by atoms with Gasteiger partial charge in [0.1, 0.15) is 24.4 Å². The van der Waals surface area contributed by atoms with Crippen LogP contribution in [0.25, 0.3) is 0 Å². The Balaban J connectivity index is 2.72. The van der Waals surface area contributed by atoms with Crippen LogP contribution in [0.2, 0.25) is 0 Å². The molecule has 9 nitrogen and oxygen atoms in total. The van der Waals surface area contributed by atoms with Gasteiger partial charge in [-0.15, -0.1) is 0 Å².